The molecule has 7 heteroatoms. The molecule has 2 heterocycles. The van der Waals surface area contributed by atoms with Crippen LogP contribution in [0.2, 0.25) is 0 Å². The summed E-state index contributed by atoms with van der Waals surface area (Å²) < 4.78 is 5.28. The second kappa shape index (κ2) is 7.09. The number of aliphatic carboxylic acids is 1. The predicted molar refractivity (Wildman–Crippen MR) is 77.2 cm³/mol. The predicted octanol–water partition coefficient (Wildman–Crippen LogP) is 0.212. The fraction of sp³-hybridized carbons (Fsp3) is 0.857. The average Bonchev–Trinajstić information content (AvgIpc) is 3.05. The van der Waals surface area contributed by atoms with E-state index in [1.54, 1.807) is 4.90 Å². The van der Waals surface area contributed by atoms with Crippen molar-refractivity contribution in [3.05, 3.63) is 0 Å². The van der Waals surface area contributed by atoms with E-state index < -0.39 is 11.9 Å². The number of hydrogen-bond donors (Lipinski definition) is 2. The fourth-order valence-corrected chi connectivity index (χ4v) is 3.06. The lowest BCUT2D eigenvalue weighted by Crippen LogP contribution is -2.53. The van der Waals surface area contributed by atoms with Crippen molar-refractivity contribution in [2.24, 2.45) is 5.92 Å². The molecule has 0 aromatic heterocycles. The number of rotatable bonds is 5. The molecule has 0 bridgehead atoms. The molecule has 2 amide bonds. The molecule has 7 nitrogen and oxygen atoms in total. The molecule has 0 spiro atoms. The van der Waals surface area contributed by atoms with E-state index in [9.17, 15) is 14.7 Å². The van der Waals surface area contributed by atoms with E-state index in [0.717, 1.165) is 25.9 Å². The number of likely N-dealkylation sites (tertiary alicyclic amines) is 1. The summed E-state index contributed by atoms with van der Waals surface area (Å²) in [5.74, 6) is -1.53. The lowest BCUT2D eigenvalue weighted by molar-refractivity contribution is -0.142. The molecule has 0 aromatic carbocycles. The maximum absolute atomic E-state index is 12.5. The fourth-order valence-electron chi connectivity index (χ4n) is 3.06. The monoisotopic (exact) mass is 299 g/mol. The number of urea groups is 1. The van der Waals surface area contributed by atoms with Gasteiger partial charge in [-0.05, 0) is 26.4 Å². The molecule has 3 atom stereocenters. The van der Waals surface area contributed by atoms with Gasteiger partial charge in [-0.25, -0.2) is 4.79 Å². The van der Waals surface area contributed by atoms with E-state index in [0.29, 0.717) is 13.2 Å². The molecule has 2 N–H and O–H groups in total. The molecular formula is C14H25N3O4. The molecule has 2 rings (SSSR count). The highest BCUT2D eigenvalue weighted by molar-refractivity contribution is 5.77. The number of hydrogen-bond acceptors (Lipinski definition) is 4. The Kier molecular flexibility index (Phi) is 5.41. The van der Waals surface area contributed by atoms with Crippen LogP contribution in [0.1, 0.15) is 19.8 Å². The average molecular weight is 299 g/mol. The second-order valence-corrected chi connectivity index (χ2v) is 5.94. The largest absolute Gasteiger partial charge is 0.481 e. The Labute approximate surface area is 125 Å². The first kappa shape index (κ1) is 16.0. The zero-order valence-electron chi connectivity index (χ0n) is 12.7. The zero-order valence-corrected chi connectivity index (χ0v) is 12.7. The van der Waals surface area contributed by atoms with Crippen molar-refractivity contribution < 1.29 is 19.4 Å². The Bertz CT molecular complexity index is 390. The molecule has 0 aromatic rings. The van der Waals surface area contributed by atoms with Crippen molar-refractivity contribution in [2.75, 3.05) is 39.9 Å². The topological polar surface area (TPSA) is 82.1 Å². The number of nitrogens with one attached hydrogen (secondary N) is 1. The van der Waals surface area contributed by atoms with E-state index in [1.165, 1.54) is 0 Å². The van der Waals surface area contributed by atoms with Crippen LogP contribution in [0.15, 0.2) is 0 Å². The third kappa shape index (κ3) is 3.85. The number of nitrogens with zero attached hydrogens (tertiary/aromatic N) is 2. The van der Waals surface area contributed by atoms with Crippen molar-refractivity contribution in [1.82, 2.24) is 15.1 Å². The molecule has 2 aliphatic heterocycles. The van der Waals surface area contributed by atoms with Gasteiger partial charge in [0.05, 0.1) is 19.3 Å². The summed E-state index contributed by atoms with van der Waals surface area (Å²) in [4.78, 5) is 27.6. The summed E-state index contributed by atoms with van der Waals surface area (Å²) >= 11 is 0. The number of ether oxygens (including phenoxy) is 1. The Morgan fingerprint density at radius 1 is 1.43 bits per heavy atom. The lowest BCUT2D eigenvalue weighted by atomic mass is 10.0. The van der Waals surface area contributed by atoms with Gasteiger partial charge in [0.1, 0.15) is 5.92 Å². The van der Waals surface area contributed by atoms with E-state index in [2.05, 4.69) is 10.2 Å². The van der Waals surface area contributed by atoms with Gasteiger partial charge in [0.25, 0.3) is 0 Å². The molecule has 0 aliphatic carbocycles. The number of amides is 2. The van der Waals surface area contributed by atoms with Crippen molar-refractivity contribution in [1.29, 1.82) is 0 Å². The van der Waals surface area contributed by atoms with Crippen LogP contribution in [0.4, 0.5) is 4.79 Å². The van der Waals surface area contributed by atoms with Gasteiger partial charge in [-0.15, -0.1) is 0 Å². The summed E-state index contributed by atoms with van der Waals surface area (Å²) in [6.07, 6.45) is 1.73. The molecule has 0 radical (unpaired) electrons. The molecule has 3 unspecified atom stereocenters. The summed E-state index contributed by atoms with van der Waals surface area (Å²) in [5, 5.41) is 12.3. The van der Waals surface area contributed by atoms with Crippen LogP contribution >= 0.6 is 0 Å². The van der Waals surface area contributed by atoms with Crippen molar-refractivity contribution in [3.63, 3.8) is 0 Å². The van der Waals surface area contributed by atoms with Gasteiger partial charge in [0.2, 0.25) is 0 Å². The summed E-state index contributed by atoms with van der Waals surface area (Å²) in [6.45, 7) is 4.83. The van der Waals surface area contributed by atoms with Gasteiger partial charge in [0.15, 0.2) is 0 Å². The highest BCUT2D eigenvalue weighted by Crippen LogP contribution is 2.21. The Balaban J connectivity index is 2.00. The van der Waals surface area contributed by atoms with E-state index in [4.69, 9.17) is 4.74 Å². The van der Waals surface area contributed by atoms with Gasteiger partial charge in [0, 0.05) is 19.1 Å². The van der Waals surface area contributed by atoms with Crippen LogP contribution in [0.5, 0.6) is 0 Å². The molecule has 120 valence electrons. The van der Waals surface area contributed by atoms with Crippen LogP contribution in [-0.2, 0) is 9.53 Å². The highest BCUT2D eigenvalue weighted by atomic mass is 16.5. The van der Waals surface area contributed by atoms with Gasteiger partial charge < -0.3 is 25.0 Å². The summed E-state index contributed by atoms with van der Waals surface area (Å²) in [5.41, 5.74) is 0. The maximum Gasteiger partial charge on any atom is 0.318 e. The second-order valence-electron chi connectivity index (χ2n) is 5.94. The molecule has 2 saturated heterocycles. The normalized spacial score (nSPS) is 29.5. The number of carboxylic acids is 1. The molecule has 2 fully saturated rings. The van der Waals surface area contributed by atoms with Gasteiger partial charge in [-0.3, -0.25) is 4.79 Å². The minimum absolute atomic E-state index is 0.146. The molecule has 21 heavy (non-hydrogen) atoms. The standard InChI is InChI=1S/C14H25N3O4/c1-3-5-17(12-9-21-8-11(12)13(18)19)14(20)15-10-4-6-16(2)7-10/h10-12H,3-9H2,1-2H3,(H,15,20)(H,18,19). The lowest BCUT2D eigenvalue weighted by Gasteiger charge is -2.31. The number of carbonyl (C=O) groups excluding carboxylic acids is 1. The van der Waals surface area contributed by atoms with E-state index >= 15 is 0 Å². The number of carboxylic acid groups (broad SMARTS) is 1. The SMILES string of the molecule is CCCN(C(=O)NC1CCN(C)C1)C1COCC1C(=O)O. The van der Waals surface area contributed by atoms with Crippen molar-refractivity contribution in [3.8, 4) is 0 Å². The maximum atomic E-state index is 12.5. The van der Waals surface area contributed by atoms with Gasteiger partial charge in [-0.2, -0.15) is 0 Å². The Hall–Kier alpha value is -1.34. The van der Waals surface area contributed by atoms with Crippen LogP contribution in [0.3, 0.4) is 0 Å². The van der Waals surface area contributed by atoms with Crippen LogP contribution < -0.4 is 5.32 Å². The van der Waals surface area contributed by atoms with Crippen LogP contribution in [-0.4, -0.2) is 78.9 Å². The van der Waals surface area contributed by atoms with Crippen LogP contribution in [0, 0.1) is 5.92 Å². The minimum Gasteiger partial charge on any atom is -0.481 e. The smallest absolute Gasteiger partial charge is 0.318 e. The number of carbonyl (C=O) groups is 2. The van der Waals surface area contributed by atoms with E-state index in [1.807, 2.05) is 14.0 Å². The third-order valence-corrected chi connectivity index (χ3v) is 4.21. The third-order valence-electron chi connectivity index (χ3n) is 4.21. The van der Waals surface area contributed by atoms with Crippen molar-refractivity contribution in [2.45, 2.75) is 31.8 Å². The first-order chi connectivity index (χ1) is 10.0. The quantitative estimate of drug-likeness (QED) is 0.758. The van der Waals surface area contributed by atoms with Gasteiger partial charge in [-0.1, -0.05) is 6.92 Å². The summed E-state index contributed by atoms with van der Waals surface area (Å²) in [6, 6.07) is -0.395. The highest BCUT2D eigenvalue weighted by Gasteiger charge is 2.40. The van der Waals surface area contributed by atoms with Crippen molar-refractivity contribution >= 4 is 12.0 Å². The first-order valence-corrected chi connectivity index (χ1v) is 7.59. The zero-order chi connectivity index (χ0) is 15.4. The molecular weight excluding hydrogens is 274 g/mol. The van der Waals surface area contributed by atoms with E-state index in [-0.39, 0.29) is 24.7 Å². The summed E-state index contributed by atoms with van der Waals surface area (Å²) in [7, 11) is 2.03. The first-order valence-electron chi connectivity index (χ1n) is 7.59. The Morgan fingerprint density at radius 2 is 2.19 bits per heavy atom. The molecule has 2 aliphatic rings. The van der Waals surface area contributed by atoms with Gasteiger partial charge >= 0.3 is 12.0 Å². The Morgan fingerprint density at radius 3 is 2.76 bits per heavy atom. The molecule has 0 saturated carbocycles. The number of likely N-dealkylation sites (N-methyl/N-ethyl adjacent to an activating group) is 1. The van der Waals surface area contributed by atoms with Crippen LogP contribution in [0.25, 0.3) is 0 Å². The minimum atomic E-state index is -0.896.